The second-order valence-corrected chi connectivity index (χ2v) is 10.3. The number of terminal acetylenes is 1. The molecule has 2 atom stereocenters. The highest BCUT2D eigenvalue weighted by Crippen LogP contribution is 2.53. The average molecular weight is 515 g/mol. The predicted octanol–water partition coefficient (Wildman–Crippen LogP) is 1.93. The number of hydrogen-bond acceptors (Lipinski definition) is 6. The summed E-state index contributed by atoms with van der Waals surface area (Å²) in [5, 5.41) is 0. The van der Waals surface area contributed by atoms with Gasteiger partial charge in [0.1, 0.15) is 5.84 Å². The fourth-order valence-electron chi connectivity index (χ4n) is 5.36. The molecule has 1 amide bonds. The van der Waals surface area contributed by atoms with Crippen LogP contribution in [-0.2, 0) is 10.2 Å². The Hall–Kier alpha value is -3.51. The molecule has 1 unspecified atom stereocenters. The molecule has 2 aromatic carbocycles. The van der Waals surface area contributed by atoms with Gasteiger partial charge in [0.2, 0.25) is 5.91 Å². The van der Waals surface area contributed by atoms with Crippen LogP contribution in [0.2, 0.25) is 0 Å². The van der Waals surface area contributed by atoms with Crippen molar-refractivity contribution in [3.63, 3.8) is 0 Å². The molecule has 1 aliphatic heterocycles. The lowest BCUT2D eigenvalue weighted by atomic mass is 9.92. The van der Waals surface area contributed by atoms with Crippen molar-refractivity contribution in [1.82, 2.24) is 14.7 Å². The molecule has 8 heteroatoms. The van der Waals surface area contributed by atoms with E-state index in [9.17, 15) is 9.59 Å². The zero-order valence-electron chi connectivity index (χ0n) is 22.4. The number of aryl methyl sites for hydroxylation is 1. The van der Waals surface area contributed by atoms with Gasteiger partial charge >= 0.3 is 0 Å². The zero-order valence-corrected chi connectivity index (χ0v) is 22.4. The van der Waals surface area contributed by atoms with E-state index in [1.54, 1.807) is 17.0 Å². The van der Waals surface area contributed by atoms with E-state index < -0.39 is 5.41 Å². The number of likely N-dealkylation sites (N-methyl/N-ethyl adjacent to an activating group) is 1. The molecule has 1 saturated heterocycles. The second kappa shape index (κ2) is 11.9. The maximum absolute atomic E-state index is 14.3. The summed E-state index contributed by atoms with van der Waals surface area (Å²) >= 11 is 0. The first-order valence-corrected chi connectivity index (χ1v) is 13.2. The molecule has 4 N–H and O–H groups in total. The highest BCUT2D eigenvalue weighted by molar-refractivity contribution is 5.99. The third-order valence-corrected chi connectivity index (χ3v) is 7.72. The van der Waals surface area contributed by atoms with Crippen molar-refractivity contribution in [2.75, 3.05) is 52.9 Å². The largest absolute Gasteiger partial charge is 0.386 e. The van der Waals surface area contributed by atoms with Crippen LogP contribution >= 0.6 is 0 Å². The SMILES string of the molecule is C#CCCN(CC(N)=Nc1cc(C(=O)CN)ccc1C)C(=O)C1(c2ccccc2)C[C@H]1N1CCN(C)CC1. The van der Waals surface area contributed by atoms with Crippen LogP contribution < -0.4 is 11.5 Å². The Bertz CT molecular complexity index is 1230. The Balaban J connectivity index is 1.62. The van der Waals surface area contributed by atoms with E-state index >= 15 is 0 Å². The summed E-state index contributed by atoms with van der Waals surface area (Å²) in [7, 11) is 2.13. The molecule has 2 fully saturated rings. The quantitative estimate of drug-likeness (QED) is 0.217. The summed E-state index contributed by atoms with van der Waals surface area (Å²) in [6.07, 6.45) is 6.79. The summed E-state index contributed by atoms with van der Waals surface area (Å²) in [6.45, 7) is 6.22. The van der Waals surface area contributed by atoms with Crippen LogP contribution in [0.5, 0.6) is 0 Å². The zero-order chi connectivity index (χ0) is 27.3. The molecule has 8 nitrogen and oxygen atoms in total. The van der Waals surface area contributed by atoms with Gasteiger partial charge in [0.15, 0.2) is 5.78 Å². The first kappa shape index (κ1) is 27.5. The van der Waals surface area contributed by atoms with E-state index in [4.69, 9.17) is 17.9 Å². The molecule has 0 bridgehead atoms. The highest BCUT2D eigenvalue weighted by Gasteiger charge is 2.64. The molecular weight excluding hydrogens is 476 g/mol. The molecule has 38 heavy (non-hydrogen) atoms. The molecule has 1 saturated carbocycles. The standard InChI is InChI=1S/C30H38N6O2/c1-4-5-13-36(21-28(32)33-25-18-23(26(37)20-31)12-11-22(25)2)29(38)30(24-9-7-6-8-10-24)19-27(30)35-16-14-34(3)15-17-35/h1,6-12,18,27H,5,13-17,19-21,31H2,2-3H3,(H2,32,33)/t27-,30?/m1/s1. The Morgan fingerprint density at radius 1 is 1.16 bits per heavy atom. The number of rotatable bonds is 10. The molecule has 1 aliphatic carbocycles. The van der Waals surface area contributed by atoms with Gasteiger partial charge in [0.05, 0.1) is 24.2 Å². The van der Waals surface area contributed by atoms with Crippen LogP contribution in [0.15, 0.2) is 53.5 Å². The monoisotopic (exact) mass is 514 g/mol. The number of benzene rings is 2. The van der Waals surface area contributed by atoms with Crippen molar-refractivity contribution in [3.05, 3.63) is 65.2 Å². The number of piperazine rings is 1. The minimum atomic E-state index is -0.630. The Morgan fingerprint density at radius 2 is 1.87 bits per heavy atom. The van der Waals surface area contributed by atoms with Crippen LogP contribution in [0.25, 0.3) is 0 Å². The second-order valence-electron chi connectivity index (χ2n) is 10.3. The smallest absolute Gasteiger partial charge is 0.235 e. The van der Waals surface area contributed by atoms with Gasteiger partial charge in [-0.3, -0.25) is 14.5 Å². The van der Waals surface area contributed by atoms with E-state index in [2.05, 4.69) is 27.8 Å². The topological polar surface area (TPSA) is 108 Å². The van der Waals surface area contributed by atoms with E-state index in [0.717, 1.165) is 43.7 Å². The lowest BCUT2D eigenvalue weighted by Crippen LogP contribution is -2.51. The molecule has 0 aromatic heterocycles. The number of nitrogens with two attached hydrogens (primary N) is 2. The highest BCUT2D eigenvalue weighted by atomic mass is 16.2. The number of carbonyl (C=O) groups is 2. The molecule has 4 rings (SSSR count). The first-order valence-electron chi connectivity index (χ1n) is 13.2. The minimum Gasteiger partial charge on any atom is -0.386 e. The third kappa shape index (κ3) is 5.81. The van der Waals surface area contributed by atoms with Crippen molar-refractivity contribution in [3.8, 4) is 12.3 Å². The number of carbonyl (C=O) groups excluding carboxylic acids is 2. The Labute approximate surface area is 225 Å². The summed E-state index contributed by atoms with van der Waals surface area (Å²) in [6, 6.07) is 15.4. The van der Waals surface area contributed by atoms with Gasteiger partial charge in [-0.1, -0.05) is 42.5 Å². The lowest BCUT2D eigenvalue weighted by Gasteiger charge is -2.35. The summed E-state index contributed by atoms with van der Waals surface area (Å²) in [4.78, 5) is 37.6. The van der Waals surface area contributed by atoms with Crippen LogP contribution in [0.4, 0.5) is 5.69 Å². The van der Waals surface area contributed by atoms with Crippen molar-refractivity contribution in [1.29, 1.82) is 0 Å². The molecule has 2 aliphatic rings. The van der Waals surface area contributed by atoms with Crippen molar-refractivity contribution >= 4 is 23.2 Å². The number of ketones is 1. The van der Waals surface area contributed by atoms with Gasteiger partial charge in [-0.05, 0) is 37.6 Å². The van der Waals surface area contributed by atoms with Gasteiger partial charge in [0, 0.05) is 50.7 Å². The van der Waals surface area contributed by atoms with E-state index in [-0.39, 0.29) is 36.7 Å². The molecule has 0 radical (unpaired) electrons. The molecule has 0 spiro atoms. The molecular formula is C30H38N6O2. The minimum absolute atomic E-state index is 0.0322. The fourth-order valence-corrected chi connectivity index (χ4v) is 5.36. The summed E-state index contributed by atoms with van der Waals surface area (Å²) < 4.78 is 0. The number of amidine groups is 1. The number of Topliss-reactive ketones (excluding diaryl/α,β-unsaturated/α-hetero) is 1. The van der Waals surface area contributed by atoms with Gasteiger partial charge < -0.3 is 21.3 Å². The number of amides is 1. The fraction of sp³-hybridized carbons (Fsp3) is 0.433. The Kier molecular flexibility index (Phi) is 8.62. The van der Waals surface area contributed by atoms with E-state index in [1.807, 2.05) is 43.3 Å². The van der Waals surface area contributed by atoms with Crippen LogP contribution in [0.1, 0.15) is 34.3 Å². The molecule has 1 heterocycles. The normalized spacial score (nSPS) is 22.1. The van der Waals surface area contributed by atoms with Crippen LogP contribution in [0, 0.1) is 19.3 Å². The van der Waals surface area contributed by atoms with Gasteiger partial charge in [-0.25, -0.2) is 4.99 Å². The van der Waals surface area contributed by atoms with Gasteiger partial charge in [-0.15, -0.1) is 12.3 Å². The lowest BCUT2D eigenvalue weighted by molar-refractivity contribution is -0.133. The maximum atomic E-state index is 14.3. The van der Waals surface area contributed by atoms with E-state index in [1.165, 1.54) is 0 Å². The van der Waals surface area contributed by atoms with Crippen LogP contribution in [0.3, 0.4) is 0 Å². The van der Waals surface area contributed by atoms with Crippen LogP contribution in [-0.4, -0.2) is 91.1 Å². The van der Waals surface area contributed by atoms with Crippen molar-refractivity contribution < 1.29 is 9.59 Å². The molecule has 2 aromatic rings. The maximum Gasteiger partial charge on any atom is 0.235 e. The number of nitrogens with zero attached hydrogens (tertiary/aromatic N) is 4. The number of aliphatic imine (C=N–C) groups is 1. The first-order chi connectivity index (χ1) is 18.3. The third-order valence-electron chi connectivity index (χ3n) is 7.72. The molecule has 200 valence electrons. The number of hydrogen-bond donors (Lipinski definition) is 2. The van der Waals surface area contributed by atoms with E-state index in [0.29, 0.717) is 24.2 Å². The Morgan fingerprint density at radius 3 is 2.53 bits per heavy atom. The average Bonchev–Trinajstić information content (AvgIpc) is 3.69. The van der Waals surface area contributed by atoms with Crippen molar-refractivity contribution in [2.45, 2.75) is 31.2 Å². The van der Waals surface area contributed by atoms with Crippen molar-refractivity contribution in [2.24, 2.45) is 16.5 Å². The predicted molar refractivity (Wildman–Crippen MR) is 151 cm³/mol. The van der Waals surface area contributed by atoms with Gasteiger partial charge in [0.25, 0.3) is 0 Å². The summed E-state index contributed by atoms with van der Waals surface area (Å²) in [5.74, 6) is 2.82. The van der Waals surface area contributed by atoms with Gasteiger partial charge in [-0.2, -0.15) is 0 Å². The summed E-state index contributed by atoms with van der Waals surface area (Å²) in [5.41, 5.74) is 14.3.